The standard InChI is InChI=1S/C11H17N3OS/c1-3-4-10-7-13-11(16-10)12-6-9-5-8(2)14-15-9/h5,10H,3-4,6-7H2,1-2H3,(H,12,13). The predicted octanol–water partition coefficient (Wildman–Crippen LogP) is 2.34. The van der Waals surface area contributed by atoms with Gasteiger partial charge in [0, 0.05) is 11.3 Å². The fourth-order valence-corrected chi connectivity index (χ4v) is 2.77. The number of hydrogen-bond acceptors (Lipinski definition) is 5. The smallest absolute Gasteiger partial charge is 0.157 e. The van der Waals surface area contributed by atoms with Crippen LogP contribution in [0.1, 0.15) is 31.2 Å². The van der Waals surface area contributed by atoms with Gasteiger partial charge < -0.3 is 9.84 Å². The zero-order valence-corrected chi connectivity index (χ0v) is 10.5. The van der Waals surface area contributed by atoms with Gasteiger partial charge in [-0.25, -0.2) is 0 Å². The van der Waals surface area contributed by atoms with Gasteiger partial charge in [-0.3, -0.25) is 4.99 Å². The minimum Gasteiger partial charge on any atom is -0.359 e. The number of nitrogens with one attached hydrogen (secondary N) is 1. The number of nitrogens with zero attached hydrogens (tertiary/aromatic N) is 2. The quantitative estimate of drug-likeness (QED) is 0.876. The van der Waals surface area contributed by atoms with Crippen molar-refractivity contribution in [2.24, 2.45) is 4.99 Å². The fraction of sp³-hybridized carbons (Fsp3) is 0.636. The Hall–Kier alpha value is -0.970. The molecule has 1 aliphatic heterocycles. The van der Waals surface area contributed by atoms with Crippen LogP contribution in [0.25, 0.3) is 0 Å². The zero-order valence-electron chi connectivity index (χ0n) is 9.69. The maximum atomic E-state index is 5.12. The Balaban J connectivity index is 1.75. The molecule has 0 amide bonds. The molecule has 16 heavy (non-hydrogen) atoms. The van der Waals surface area contributed by atoms with Gasteiger partial charge in [-0.05, 0) is 13.3 Å². The molecule has 0 radical (unpaired) electrons. The van der Waals surface area contributed by atoms with Crippen molar-refractivity contribution in [2.45, 2.75) is 38.5 Å². The van der Waals surface area contributed by atoms with Crippen molar-refractivity contribution in [3.8, 4) is 0 Å². The average molecular weight is 239 g/mol. The Morgan fingerprint density at radius 3 is 3.19 bits per heavy atom. The molecule has 0 spiro atoms. The molecule has 2 heterocycles. The SMILES string of the molecule is CCCC1CN=C(NCc2cc(C)no2)S1. The minimum atomic E-state index is 0.656. The van der Waals surface area contributed by atoms with Crippen molar-refractivity contribution in [3.63, 3.8) is 0 Å². The van der Waals surface area contributed by atoms with E-state index >= 15 is 0 Å². The Labute approximate surface area is 99.9 Å². The third-order valence-electron chi connectivity index (χ3n) is 2.42. The lowest BCUT2D eigenvalue weighted by molar-refractivity contribution is 0.377. The Bertz CT molecular complexity index is 375. The van der Waals surface area contributed by atoms with Crippen LogP contribution >= 0.6 is 11.8 Å². The Morgan fingerprint density at radius 1 is 1.62 bits per heavy atom. The van der Waals surface area contributed by atoms with Gasteiger partial charge in [0.15, 0.2) is 10.9 Å². The number of amidine groups is 1. The third kappa shape index (κ3) is 3.01. The van der Waals surface area contributed by atoms with Crippen LogP contribution in [0.3, 0.4) is 0 Å². The van der Waals surface area contributed by atoms with Gasteiger partial charge in [-0.2, -0.15) is 0 Å². The average Bonchev–Trinajstić information content (AvgIpc) is 2.85. The highest BCUT2D eigenvalue weighted by molar-refractivity contribution is 8.14. The molecule has 1 unspecified atom stereocenters. The Kier molecular flexibility index (Phi) is 3.88. The summed E-state index contributed by atoms with van der Waals surface area (Å²) in [6.07, 6.45) is 2.46. The number of thioether (sulfide) groups is 1. The first-order chi connectivity index (χ1) is 7.78. The highest BCUT2D eigenvalue weighted by Gasteiger charge is 2.18. The summed E-state index contributed by atoms with van der Waals surface area (Å²) in [6, 6.07) is 1.94. The van der Waals surface area contributed by atoms with Gasteiger partial charge in [0.05, 0.1) is 18.8 Å². The first-order valence-corrected chi connectivity index (χ1v) is 6.53. The number of aryl methyl sites for hydroxylation is 1. The summed E-state index contributed by atoms with van der Waals surface area (Å²) in [4.78, 5) is 4.46. The molecule has 4 nitrogen and oxygen atoms in total. The summed E-state index contributed by atoms with van der Waals surface area (Å²) >= 11 is 1.84. The molecule has 1 atom stereocenters. The Morgan fingerprint density at radius 2 is 2.50 bits per heavy atom. The summed E-state index contributed by atoms with van der Waals surface area (Å²) in [7, 11) is 0. The first kappa shape index (κ1) is 11.5. The highest BCUT2D eigenvalue weighted by Crippen LogP contribution is 2.23. The highest BCUT2D eigenvalue weighted by atomic mass is 32.2. The van der Waals surface area contributed by atoms with E-state index in [0.717, 1.165) is 23.2 Å². The predicted molar refractivity (Wildman–Crippen MR) is 66.7 cm³/mol. The van der Waals surface area contributed by atoms with Crippen LogP contribution in [0.2, 0.25) is 0 Å². The maximum absolute atomic E-state index is 5.12. The molecule has 0 saturated carbocycles. The molecule has 1 N–H and O–H groups in total. The molecule has 0 bridgehead atoms. The summed E-state index contributed by atoms with van der Waals surface area (Å²) in [6.45, 7) is 5.75. The lowest BCUT2D eigenvalue weighted by atomic mass is 10.2. The van der Waals surface area contributed by atoms with Crippen molar-refractivity contribution in [1.29, 1.82) is 0 Å². The van der Waals surface area contributed by atoms with Crippen LogP contribution in [-0.2, 0) is 6.54 Å². The van der Waals surface area contributed by atoms with Crippen LogP contribution in [-0.4, -0.2) is 22.1 Å². The van der Waals surface area contributed by atoms with Gasteiger partial charge in [-0.15, -0.1) is 0 Å². The lowest BCUT2D eigenvalue weighted by Crippen LogP contribution is -2.18. The van der Waals surface area contributed by atoms with E-state index in [1.807, 2.05) is 24.8 Å². The number of hydrogen-bond donors (Lipinski definition) is 1. The molecule has 0 saturated heterocycles. The van der Waals surface area contributed by atoms with Gasteiger partial charge in [0.1, 0.15) is 0 Å². The van der Waals surface area contributed by atoms with E-state index < -0.39 is 0 Å². The first-order valence-electron chi connectivity index (χ1n) is 5.65. The molecule has 1 aromatic rings. The van der Waals surface area contributed by atoms with Crippen molar-refractivity contribution in [3.05, 3.63) is 17.5 Å². The van der Waals surface area contributed by atoms with E-state index in [-0.39, 0.29) is 0 Å². The molecule has 1 aromatic heterocycles. The zero-order chi connectivity index (χ0) is 11.4. The van der Waals surface area contributed by atoms with E-state index in [4.69, 9.17) is 4.52 Å². The second-order valence-corrected chi connectivity index (χ2v) is 5.25. The van der Waals surface area contributed by atoms with Crippen LogP contribution in [0, 0.1) is 6.92 Å². The molecule has 0 aromatic carbocycles. The number of aromatic nitrogens is 1. The summed E-state index contributed by atoms with van der Waals surface area (Å²) in [5.74, 6) is 0.861. The molecular weight excluding hydrogens is 222 g/mol. The van der Waals surface area contributed by atoms with Crippen molar-refractivity contribution in [2.75, 3.05) is 6.54 Å². The van der Waals surface area contributed by atoms with Gasteiger partial charge >= 0.3 is 0 Å². The van der Waals surface area contributed by atoms with Crippen molar-refractivity contribution in [1.82, 2.24) is 10.5 Å². The number of aliphatic imine (C=N–C) groups is 1. The molecule has 0 aliphatic carbocycles. The van der Waals surface area contributed by atoms with Crippen LogP contribution in [0.4, 0.5) is 0 Å². The second-order valence-electron chi connectivity index (χ2n) is 3.96. The molecule has 1 aliphatic rings. The van der Waals surface area contributed by atoms with Crippen LogP contribution in [0.15, 0.2) is 15.6 Å². The summed E-state index contributed by atoms with van der Waals surface area (Å²) in [5.41, 5.74) is 0.918. The van der Waals surface area contributed by atoms with E-state index in [9.17, 15) is 0 Å². The molecule has 88 valence electrons. The van der Waals surface area contributed by atoms with E-state index in [0.29, 0.717) is 11.8 Å². The second kappa shape index (κ2) is 5.39. The minimum absolute atomic E-state index is 0.656. The van der Waals surface area contributed by atoms with Gasteiger partial charge in [0.25, 0.3) is 0 Å². The molecule has 2 rings (SSSR count). The lowest BCUT2D eigenvalue weighted by Gasteiger charge is -2.06. The summed E-state index contributed by atoms with van der Waals surface area (Å²) < 4.78 is 5.12. The molecular formula is C11H17N3OS. The third-order valence-corrected chi connectivity index (χ3v) is 3.63. The maximum Gasteiger partial charge on any atom is 0.157 e. The normalized spacial score (nSPS) is 19.9. The van der Waals surface area contributed by atoms with Crippen LogP contribution < -0.4 is 5.32 Å². The fourth-order valence-electron chi connectivity index (χ4n) is 1.65. The molecule has 5 heteroatoms. The van der Waals surface area contributed by atoms with E-state index in [2.05, 4.69) is 22.4 Å². The van der Waals surface area contributed by atoms with Gasteiger partial charge in [-0.1, -0.05) is 30.3 Å². The molecule has 0 fully saturated rings. The van der Waals surface area contributed by atoms with Crippen molar-refractivity contribution >= 4 is 16.9 Å². The van der Waals surface area contributed by atoms with E-state index in [1.54, 1.807) is 0 Å². The van der Waals surface area contributed by atoms with Crippen molar-refractivity contribution < 1.29 is 4.52 Å². The summed E-state index contributed by atoms with van der Waals surface area (Å²) in [5, 5.41) is 8.81. The monoisotopic (exact) mass is 239 g/mol. The van der Waals surface area contributed by atoms with E-state index in [1.165, 1.54) is 12.8 Å². The topological polar surface area (TPSA) is 50.4 Å². The largest absolute Gasteiger partial charge is 0.359 e. The number of rotatable bonds is 4. The van der Waals surface area contributed by atoms with Gasteiger partial charge in [0.2, 0.25) is 0 Å². The van der Waals surface area contributed by atoms with Crippen LogP contribution in [0.5, 0.6) is 0 Å².